The van der Waals surface area contributed by atoms with E-state index in [2.05, 4.69) is 58.5 Å². The first-order chi connectivity index (χ1) is 12.2. The van der Waals surface area contributed by atoms with Gasteiger partial charge in [-0.15, -0.1) is 0 Å². The first-order valence-corrected chi connectivity index (χ1v) is 10.2. The molecule has 0 amide bonds. The van der Waals surface area contributed by atoms with Crippen molar-refractivity contribution in [1.82, 2.24) is 20.4 Å². The molecule has 0 spiro atoms. The molecule has 25 heavy (non-hydrogen) atoms. The van der Waals surface area contributed by atoms with E-state index in [0.29, 0.717) is 6.04 Å². The molecule has 140 valence electrons. The average molecular weight is 345 g/mol. The number of hydrogen-bond acceptors (Lipinski definition) is 4. The first-order valence-electron chi connectivity index (χ1n) is 10.2. The monoisotopic (exact) mass is 344 g/mol. The van der Waals surface area contributed by atoms with Gasteiger partial charge in [0, 0.05) is 45.3 Å². The van der Waals surface area contributed by atoms with Gasteiger partial charge >= 0.3 is 0 Å². The molecule has 1 aromatic rings. The van der Waals surface area contributed by atoms with E-state index in [0.717, 1.165) is 19.0 Å². The highest BCUT2D eigenvalue weighted by Crippen LogP contribution is 2.15. The van der Waals surface area contributed by atoms with Gasteiger partial charge in [0.15, 0.2) is 0 Å². The SMILES string of the molecule is CCN1CCN(Cc2ccc(CNC(C)C3CCCNC3)cc2)CC1. The van der Waals surface area contributed by atoms with Crippen LogP contribution in [0.3, 0.4) is 0 Å². The molecule has 0 aromatic heterocycles. The standard InChI is InChI=1S/C21H36N4/c1-3-24-11-13-25(14-12-24)17-20-8-6-19(7-9-20)15-23-18(2)21-5-4-10-22-16-21/h6-9,18,21-23H,3-5,10-17H2,1-2H3. The molecule has 2 heterocycles. The van der Waals surface area contributed by atoms with Crippen LogP contribution >= 0.6 is 0 Å². The van der Waals surface area contributed by atoms with E-state index in [1.165, 1.54) is 69.8 Å². The molecule has 2 unspecified atom stereocenters. The third-order valence-corrected chi connectivity index (χ3v) is 6.01. The second-order valence-corrected chi connectivity index (χ2v) is 7.80. The Hall–Kier alpha value is -0.940. The minimum atomic E-state index is 0.585. The highest BCUT2D eigenvalue weighted by molar-refractivity contribution is 5.22. The van der Waals surface area contributed by atoms with Crippen molar-refractivity contribution in [3.63, 3.8) is 0 Å². The summed E-state index contributed by atoms with van der Waals surface area (Å²) in [5.74, 6) is 0.773. The maximum atomic E-state index is 3.72. The van der Waals surface area contributed by atoms with Gasteiger partial charge in [0.1, 0.15) is 0 Å². The molecule has 2 saturated heterocycles. The quantitative estimate of drug-likeness (QED) is 0.795. The Bertz CT molecular complexity index is 487. The lowest BCUT2D eigenvalue weighted by atomic mass is 9.92. The van der Waals surface area contributed by atoms with E-state index < -0.39 is 0 Å². The molecule has 0 aliphatic carbocycles. The van der Waals surface area contributed by atoms with E-state index in [9.17, 15) is 0 Å². The van der Waals surface area contributed by atoms with Crippen LogP contribution in [0.4, 0.5) is 0 Å². The molecule has 3 rings (SSSR count). The maximum Gasteiger partial charge on any atom is 0.0234 e. The fourth-order valence-electron chi connectivity index (χ4n) is 4.04. The maximum absolute atomic E-state index is 3.72. The average Bonchev–Trinajstić information content (AvgIpc) is 2.68. The summed E-state index contributed by atoms with van der Waals surface area (Å²) in [5.41, 5.74) is 2.84. The summed E-state index contributed by atoms with van der Waals surface area (Å²) in [5, 5.41) is 7.24. The molecule has 2 aliphatic rings. The second kappa shape index (κ2) is 9.67. The van der Waals surface area contributed by atoms with Crippen LogP contribution < -0.4 is 10.6 Å². The molecular weight excluding hydrogens is 308 g/mol. The molecule has 4 heteroatoms. The number of piperidine rings is 1. The van der Waals surface area contributed by atoms with Gasteiger partial charge in [-0.1, -0.05) is 31.2 Å². The second-order valence-electron chi connectivity index (χ2n) is 7.80. The lowest BCUT2D eigenvalue weighted by molar-refractivity contribution is 0.132. The third-order valence-electron chi connectivity index (χ3n) is 6.01. The number of nitrogens with one attached hydrogen (secondary N) is 2. The van der Waals surface area contributed by atoms with Crippen LogP contribution in [0.5, 0.6) is 0 Å². The summed E-state index contributed by atoms with van der Waals surface area (Å²) >= 11 is 0. The van der Waals surface area contributed by atoms with E-state index in [4.69, 9.17) is 0 Å². The Morgan fingerprint density at radius 2 is 1.76 bits per heavy atom. The minimum Gasteiger partial charge on any atom is -0.316 e. The van der Waals surface area contributed by atoms with Gasteiger partial charge < -0.3 is 15.5 Å². The number of rotatable bonds is 7. The van der Waals surface area contributed by atoms with Crippen molar-refractivity contribution >= 4 is 0 Å². The Morgan fingerprint density at radius 3 is 2.40 bits per heavy atom. The predicted octanol–water partition coefficient (Wildman–Crippen LogP) is 2.30. The van der Waals surface area contributed by atoms with Gasteiger partial charge in [-0.2, -0.15) is 0 Å². The molecule has 4 nitrogen and oxygen atoms in total. The van der Waals surface area contributed by atoms with Crippen molar-refractivity contribution in [3.8, 4) is 0 Å². The molecule has 2 aliphatic heterocycles. The molecular formula is C21H36N4. The normalized spacial score (nSPS) is 24.3. The van der Waals surface area contributed by atoms with Crippen molar-refractivity contribution in [2.75, 3.05) is 45.8 Å². The fourth-order valence-corrected chi connectivity index (χ4v) is 4.04. The van der Waals surface area contributed by atoms with Crippen LogP contribution in [-0.4, -0.2) is 61.7 Å². The van der Waals surface area contributed by atoms with Crippen LogP contribution in [0.25, 0.3) is 0 Å². The predicted molar refractivity (Wildman–Crippen MR) is 106 cm³/mol. The van der Waals surface area contributed by atoms with Crippen LogP contribution in [0, 0.1) is 5.92 Å². The van der Waals surface area contributed by atoms with Gasteiger partial charge in [0.25, 0.3) is 0 Å². The van der Waals surface area contributed by atoms with Gasteiger partial charge in [0.05, 0.1) is 0 Å². The van der Waals surface area contributed by atoms with Crippen molar-refractivity contribution < 1.29 is 0 Å². The smallest absolute Gasteiger partial charge is 0.0234 e. The fraction of sp³-hybridized carbons (Fsp3) is 0.714. The largest absolute Gasteiger partial charge is 0.316 e. The van der Waals surface area contributed by atoms with Crippen LogP contribution in [0.2, 0.25) is 0 Å². The summed E-state index contributed by atoms with van der Waals surface area (Å²) in [6.07, 6.45) is 2.67. The Kier molecular flexibility index (Phi) is 7.29. The number of hydrogen-bond donors (Lipinski definition) is 2. The summed E-state index contributed by atoms with van der Waals surface area (Å²) in [6, 6.07) is 9.82. The summed E-state index contributed by atoms with van der Waals surface area (Å²) in [6.45, 7) is 15.0. The zero-order valence-corrected chi connectivity index (χ0v) is 16.1. The molecule has 2 N–H and O–H groups in total. The molecule has 0 bridgehead atoms. The summed E-state index contributed by atoms with van der Waals surface area (Å²) in [7, 11) is 0. The molecule has 2 atom stereocenters. The van der Waals surface area contributed by atoms with E-state index in [1.54, 1.807) is 0 Å². The van der Waals surface area contributed by atoms with Crippen molar-refractivity contribution in [2.45, 2.75) is 45.8 Å². The molecule has 0 radical (unpaired) electrons. The van der Waals surface area contributed by atoms with Crippen LogP contribution in [0.1, 0.15) is 37.8 Å². The minimum absolute atomic E-state index is 0.585. The Labute approximate surface area is 154 Å². The number of piperazine rings is 1. The summed E-state index contributed by atoms with van der Waals surface area (Å²) < 4.78 is 0. The highest BCUT2D eigenvalue weighted by Gasteiger charge is 2.19. The van der Waals surface area contributed by atoms with Crippen LogP contribution in [0.15, 0.2) is 24.3 Å². The van der Waals surface area contributed by atoms with Gasteiger partial charge in [-0.3, -0.25) is 4.90 Å². The highest BCUT2D eigenvalue weighted by atomic mass is 15.3. The molecule has 0 saturated carbocycles. The van der Waals surface area contributed by atoms with E-state index in [1.807, 2.05) is 0 Å². The van der Waals surface area contributed by atoms with Gasteiger partial charge in [0.2, 0.25) is 0 Å². The van der Waals surface area contributed by atoms with Crippen molar-refractivity contribution in [2.24, 2.45) is 5.92 Å². The van der Waals surface area contributed by atoms with E-state index >= 15 is 0 Å². The first kappa shape index (κ1) is 18.8. The number of nitrogens with zero attached hydrogens (tertiary/aromatic N) is 2. The van der Waals surface area contributed by atoms with Gasteiger partial charge in [-0.25, -0.2) is 0 Å². The third kappa shape index (κ3) is 5.78. The topological polar surface area (TPSA) is 30.5 Å². The lowest BCUT2D eigenvalue weighted by Gasteiger charge is -2.34. The zero-order chi connectivity index (χ0) is 17.5. The Morgan fingerprint density at radius 1 is 1.08 bits per heavy atom. The lowest BCUT2D eigenvalue weighted by Crippen LogP contribution is -2.45. The molecule has 2 fully saturated rings. The van der Waals surface area contributed by atoms with Crippen LogP contribution in [-0.2, 0) is 13.1 Å². The van der Waals surface area contributed by atoms with Crippen molar-refractivity contribution in [3.05, 3.63) is 35.4 Å². The Balaban J connectivity index is 1.41. The molecule has 1 aromatic carbocycles. The summed E-state index contributed by atoms with van der Waals surface area (Å²) in [4.78, 5) is 5.12. The van der Waals surface area contributed by atoms with Gasteiger partial charge in [-0.05, 0) is 56.4 Å². The zero-order valence-electron chi connectivity index (χ0n) is 16.1. The van der Waals surface area contributed by atoms with Crippen molar-refractivity contribution in [1.29, 1.82) is 0 Å². The number of benzene rings is 1. The van der Waals surface area contributed by atoms with E-state index in [-0.39, 0.29) is 0 Å². The number of likely N-dealkylation sites (N-methyl/N-ethyl adjacent to an activating group) is 1.